The third kappa shape index (κ3) is 5.56. The van der Waals surface area contributed by atoms with Crippen LogP contribution in [0.5, 0.6) is 11.5 Å². The van der Waals surface area contributed by atoms with Crippen molar-refractivity contribution in [3.8, 4) is 11.5 Å². The summed E-state index contributed by atoms with van der Waals surface area (Å²) in [5.41, 5.74) is 0.720. The molecule has 8 heteroatoms. The van der Waals surface area contributed by atoms with Gasteiger partial charge in [0.15, 0.2) is 0 Å². The summed E-state index contributed by atoms with van der Waals surface area (Å²) >= 11 is 0. The Bertz CT molecular complexity index is 1170. The van der Waals surface area contributed by atoms with Crippen molar-refractivity contribution >= 4 is 8.32 Å². The topological polar surface area (TPSA) is 86.2 Å². The summed E-state index contributed by atoms with van der Waals surface area (Å²) in [4.78, 5) is 30.7. The lowest BCUT2D eigenvalue weighted by atomic mass is 10.1. The SMILES string of the molecule is COc1ccc(Cn2c(Cc3ccc(O[Si](C)(C)C(C)(C)C)cc3)nc(=O)[nH]c2=O)cc1. The molecule has 1 aromatic heterocycles. The van der Waals surface area contributed by atoms with E-state index in [1.165, 1.54) is 4.57 Å². The van der Waals surface area contributed by atoms with Gasteiger partial charge in [0.25, 0.3) is 0 Å². The van der Waals surface area contributed by atoms with E-state index >= 15 is 0 Å². The molecule has 0 bridgehead atoms. The maximum atomic E-state index is 12.5. The summed E-state index contributed by atoms with van der Waals surface area (Å²) in [6, 6.07) is 15.2. The van der Waals surface area contributed by atoms with Crippen molar-refractivity contribution in [2.75, 3.05) is 7.11 Å². The standard InChI is InChI=1S/C24H31N3O4Si/c1-24(2,3)32(5,6)31-20-13-7-17(8-14-20)15-21-25-22(28)26-23(29)27(21)16-18-9-11-19(30-4)12-10-18/h7-14H,15-16H2,1-6H3,(H,26,28,29). The molecule has 0 saturated heterocycles. The van der Waals surface area contributed by atoms with E-state index in [1.54, 1.807) is 7.11 Å². The second-order valence-corrected chi connectivity index (χ2v) is 14.1. The number of rotatable bonds is 7. The normalized spacial score (nSPS) is 11.9. The molecule has 0 fully saturated rings. The first-order valence-corrected chi connectivity index (χ1v) is 13.5. The minimum absolute atomic E-state index is 0.109. The Morgan fingerprint density at radius 2 is 1.50 bits per heavy atom. The van der Waals surface area contributed by atoms with Gasteiger partial charge in [-0.3, -0.25) is 9.55 Å². The van der Waals surface area contributed by atoms with Gasteiger partial charge in [-0.1, -0.05) is 45.0 Å². The average molecular weight is 454 g/mol. The average Bonchev–Trinajstić information content (AvgIpc) is 2.71. The van der Waals surface area contributed by atoms with E-state index in [4.69, 9.17) is 9.16 Å². The first kappa shape index (κ1) is 23.5. The molecular weight excluding hydrogens is 422 g/mol. The highest BCUT2D eigenvalue weighted by Gasteiger charge is 2.38. The number of aromatic amines is 1. The Morgan fingerprint density at radius 1 is 0.938 bits per heavy atom. The number of nitrogens with one attached hydrogen (secondary N) is 1. The summed E-state index contributed by atoms with van der Waals surface area (Å²) in [6.07, 6.45) is 0.357. The van der Waals surface area contributed by atoms with Crippen molar-refractivity contribution in [1.82, 2.24) is 14.5 Å². The number of nitrogens with zero attached hydrogens (tertiary/aromatic N) is 2. The lowest BCUT2D eigenvalue weighted by molar-refractivity contribution is 0.414. The molecule has 32 heavy (non-hydrogen) atoms. The van der Waals surface area contributed by atoms with Crippen LogP contribution < -0.4 is 20.5 Å². The lowest BCUT2D eigenvalue weighted by Gasteiger charge is -2.36. The second kappa shape index (κ2) is 9.16. The number of methoxy groups -OCH3 is 1. The van der Waals surface area contributed by atoms with Gasteiger partial charge in [0.05, 0.1) is 13.7 Å². The van der Waals surface area contributed by atoms with Crippen molar-refractivity contribution in [3.05, 3.63) is 86.5 Å². The number of ether oxygens (including phenoxy) is 1. The molecule has 3 rings (SSSR count). The second-order valence-electron chi connectivity index (χ2n) is 9.38. The predicted octanol–water partition coefficient (Wildman–Crippen LogP) is 3.96. The fourth-order valence-electron chi connectivity index (χ4n) is 3.00. The number of aromatic nitrogens is 3. The van der Waals surface area contributed by atoms with Crippen LogP contribution in [0, 0.1) is 0 Å². The molecule has 0 spiro atoms. The van der Waals surface area contributed by atoms with E-state index in [9.17, 15) is 9.59 Å². The molecule has 0 radical (unpaired) electrons. The summed E-state index contributed by atoms with van der Waals surface area (Å²) in [7, 11) is -0.320. The molecule has 0 unspecified atom stereocenters. The van der Waals surface area contributed by atoms with Crippen molar-refractivity contribution in [1.29, 1.82) is 0 Å². The zero-order chi connectivity index (χ0) is 23.5. The van der Waals surface area contributed by atoms with Crippen LogP contribution in [0.3, 0.4) is 0 Å². The van der Waals surface area contributed by atoms with E-state index in [2.05, 4.69) is 43.8 Å². The minimum atomic E-state index is -1.92. The number of hydrogen-bond acceptors (Lipinski definition) is 5. The molecule has 170 valence electrons. The van der Waals surface area contributed by atoms with Crippen LogP contribution in [0.1, 0.15) is 37.7 Å². The third-order valence-corrected chi connectivity index (χ3v) is 10.3. The Hall–Kier alpha value is -3.13. The highest BCUT2D eigenvalue weighted by Crippen LogP contribution is 2.37. The third-order valence-electron chi connectivity index (χ3n) is 5.97. The molecule has 0 aliphatic rings. The molecule has 0 aliphatic heterocycles. The summed E-state index contributed by atoms with van der Waals surface area (Å²) in [5, 5.41) is 0.109. The molecule has 3 aromatic rings. The van der Waals surface area contributed by atoms with E-state index in [1.807, 2.05) is 48.5 Å². The largest absolute Gasteiger partial charge is 0.544 e. The van der Waals surface area contributed by atoms with Crippen molar-refractivity contribution in [3.63, 3.8) is 0 Å². The molecular formula is C24H31N3O4Si. The van der Waals surface area contributed by atoms with Crippen LogP contribution in [-0.4, -0.2) is 30.0 Å². The molecule has 0 saturated carbocycles. The zero-order valence-corrected chi connectivity index (χ0v) is 20.6. The van der Waals surface area contributed by atoms with Gasteiger partial charge in [-0.15, -0.1) is 0 Å². The van der Waals surface area contributed by atoms with Gasteiger partial charge in [-0.2, -0.15) is 4.98 Å². The highest BCUT2D eigenvalue weighted by atomic mass is 28.4. The van der Waals surface area contributed by atoms with E-state index in [0.717, 1.165) is 22.6 Å². The molecule has 0 atom stereocenters. The predicted molar refractivity (Wildman–Crippen MR) is 128 cm³/mol. The quantitative estimate of drug-likeness (QED) is 0.547. The van der Waals surface area contributed by atoms with Crippen molar-refractivity contribution < 1.29 is 9.16 Å². The fourth-order valence-corrected chi connectivity index (χ4v) is 4.03. The van der Waals surface area contributed by atoms with Gasteiger partial charge in [0.2, 0.25) is 8.32 Å². The first-order valence-electron chi connectivity index (χ1n) is 10.6. The molecule has 7 nitrogen and oxygen atoms in total. The highest BCUT2D eigenvalue weighted by molar-refractivity contribution is 6.74. The molecule has 2 aromatic carbocycles. The number of benzene rings is 2. The van der Waals surface area contributed by atoms with Crippen LogP contribution in [0.4, 0.5) is 0 Å². The van der Waals surface area contributed by atoms with Gasteiger partial charge in [-0.25, -0.2) is 9.59 Å². The molecule has 1 N–H and O–H groups in total. The van der Waals surface area contributed by atoms with Gasteiger partial charge >= 0.3 is 11.4 Å². The smallest absolute Gasteiger partial charge is 0.350 e. The zero-order valence-electron chi connectivity index (χ0n) is 19.6. The van der Waals surface area contributed by atoms with E-state index < -0.39 is 19.7 Å². The van der Waals surface area contributed by atoms with Crippen LogP contribution in [0.25, 0.3) is 0 Å². The Balaban J connectivity index is 1.84. The van der Waals surface area contributed by atoms with Crippen LogP contribution in [-0.2, 0) is 13.0 Å². The van der Waals surface area contributed by atoms with Crippen LogP contribution >= 0.6 is 0 Å². The Morgan fingerprint density at radius 3 is 2.06 bits per heavy atom. The molecule has 1 heterocycles. The maximum absolute atomic E-state index is 12.5. The van der Waals surface area contributed by atoms with Gasteiger partial charge < -0.3 is 9.16 Å². The lowest BCUT2D eigenvalue weighted by Crippen LogP contribution is -2.43. The maximum Gasteiger partial charge on any atom is 0.350 e. The van der Waals surface area contributed by atoms with Crippen molar-refractivity contribution in [2.24, 2.45) is 0 Å². The fraction of sp³-hybridized carbons (Fsp3) is 0.375. The van der Waals surface area contributed by atoms with E-state index in [-0.39, 0.29) is 5.04 Å². The van der Waals surface area contributed by atoms with Gasteiger partial charge in [0.1, 0.15) is 17.3 Å². The van der Waals surface area contributed by atoms with Crippen LogP contribution in [0.2, 0.25) is 18.1 Å². The minimum Gasteiger partial charge on any atom is -0.544 e. The monoisotopic (exact) mass is 453 g/mol. The summed E-state index contributed by atoms with van der Waals surface area (Å²) < 4.78 is 13.0. The summed E-state index contributed by atoms with van der Waals surface area (Å²) in [6.45, 7) is 11.3. The van der Waals surface area contributed by atoms with Gasteiger partial charge in [0, 0.05) is 6.42 Å². The first-order chi connectivity index (χ1) is 15.0. The van der Waals surface area contributed by atoms with Crippen molar-refractivity contribution in [2.45, 2.75) is 51.9 Å². The summed E-state index contributed by atoms with van der Waals surface area (Å²) in [5.74, 6) is 1.98. The molecule has 0 aliphatic carbocycles. The van der Waals surface area contributed by atoms with Gasteiger partial charge in [-0.05, 0) is 53.5 Å². The Labute approximate surface area is 189 Å². The van der Waals surface area contributed by atoms with E-state index in [0.29, 0.717) is 18.8 Å². The molecule has 0 amide bonds. The number of H-pyrrole nitrogens is 1. The Kier molecular flexibility index (Phi) is 6.73. The number of hydrogen-bond donors (Lipinski definition) is 1. The van der Waals surface area contributed by atoms with Crippen LogP contribution in [0.15, 0.2) is 58.1 Å².